The van der Waals surface area contributed by atoms with Gasteiger partial charge in [-0.1, -0.05) is 6.92 Å². The van der Waals surface area contributed by atoms with Crippen molar-refractivity contribution in [2.75, 3.05) is 26.2 Å². The van der Waals surface area contributed by atoms with Crippen LogP contribution >= 0.6 is 0 Å². The number of esters is 1. The van der Waals surface area contributed by atoms with Crippen molar-refractivity contribution in [3.63, 3.8) is 0 Å². The summed E-state index contributed by atoms with van der Waals surface area (Å²) in [7, 11) is 0. The molecule has 1 aliphatic carbocycles. The van der Waals surface area contributed by atoms with Crippen LogP contribution in [0, 0.1) is 12.7 Å². The Morgan fingerprint density at radius 3 is 2.77 bits per heavy atom. The second-order valence-corrected chi connectivity index (χ2v) is 10.5. The fraction of sp³-hybridized carbons (Fsp3) is 0.448. The first kappa shape index (κ1) is 25.6. The number of halogens is 1. The Kier molecular flexibility index (Phi) is 6.68. The highest BCUT2D eigenvalue weighted by molar-refractivity contribution is 5.93. The van der Waals surface area contributed by atoms with Gasteiger partial charge >= 0.3 is 5.97 Å². The first-order valence-corrected chi connectivity index (χ1v) is 13.6. The normalized spacial score (nSPS) is 18.9. The van der Waals surface area contributed by atoms with Gasteiger partial charge in [-0.25, -0.2) is 9.37 Å². The van der Waals surface area contributed by atoms with Crippen molar-refractivity contribution in [2.45, 2.75) is 58.2 Å². The maximum absolute atomic E-state index is 15.0. The van der Waals surface area contributed by atoms with Crippen LogP contribution in [0.3, 0.4) is 0 Å². The summed E-state index contributed by atoms with van der Waals surface area (Å²) in [6.45, 7) is 6.76. The summed E-state index contributed by atoms with van der Waals surface area (Å²) in [5.74, 6) is -1.06. The minimum atomic E-state index is -0.481. The number of pyridine rings is 2. The standard InChI is InChI=1S/C29H32FN5O4/c1-3-16-18-10-24-27-19(12-35(24)28(37)20(18)13-39-29(16)38)26-22(33-9-8-31-6-7-32-14-36)5-4-17-15(2)21(30)11-23(34-27)25(17)26/h10-11,14,16,22,31,33H,3-9,12-13H2,1-2H3,(H,32,36). The summed E-state index contributed by atoms with van der Waals surface area (Å²) in [6.07, 6.45) is 2.77. The number of cyclic esters (lactones) is 1. The largest absolute Gasteiger partial charge is 0.460 e. The summed E-state index contributed by atoms with van der Waals surface area (Å²) >= 11 is 0. The molecule has 0 radical (unpaired) electrons. The number of fused-ring (bicyclic) bond motifs is 5. The van der Waals surface area contributed by atoms with E-state index < -0.39 is 5.92 Å². The lowest BCUT2D eigenvalue weighted by Crippen LogP contribution is -2.35. The molecule has 0 saturated carbocycles. The molecule has 4 heterocycles. The molecule has 1 aromatic carbocycles. The van der Waals surface area contributed by atoms with E-state index in [-0.39, 0.29) is 30.0 Å². The van der Waals surface area contributed by atoms with Gasteiger partial charge in [-0.15, -0.1) is 0 Å². The fourth-order valence-electron chi connectivity index (χ4n) is 6.46. The Bertz CT molecular complexity index is 1570. The lowest BCUT2D eigenvalue weighted by Gasteiger charge is -2.30. The predicted octanol–water partition coefficient (Wildman–Crippen LogP) is 2.34. The van der Waals surface area contributed by atoms with Gasteiger partial charge in [0.05, 0.1) is 34.9 Å². The van der Waals surface area contributed by atoms with Gasteiger partial charge in [-0.05, 0) is 54.5 Å². The zero-order valence-electron chi connectivity index (χ0n) is 22.2. The average molecular weight is 534 g/mol. The zero-order valence-corrected chi connectivity index (χ0v) is 22.2. The molecule has 39 heavy (non-hydrogen) atoms. The van der Waals surface area contributed by atoms with E-state index in [1.54, 1.807) is 4.57 Å². The smallest absolute Gasteiger partial charge is 0.313 e. The van der Waals surface area contributed by atoms with E-state index in [0.717, 1.165) is 41.5 Å². The molecule has 0 fully saturated rings. The van der Waals surface area contributed by atoms with Gasteiger partial charge in [0.2, 0.25) is 6.41 Å². The highest BCUT2D eigenvalue weighted by Crippen LogP contribution is 2.45. The molecule has 9 nitrogen and oxygen atoms in total. The maximum Gasteiger partial charge on any atom is 0.313 e. The van der Waals surface area contributed by atoms with E-state index in [1.807, 2.05) is 19.9 Å². The second kappa shape index (κ2) is 10.2. The number of nitrogens with one attached hydrogen (secondary N) is 3. The summed E-state index contributed by atoms with van der Waals surface area (Å²) in [5.41, 5.74) is 6.76. The number of ether oxygens (including phenoxy) is 1. The van der Waals surface area contributed by atoms with E-state index in [0.29, 0.717) is 72.6 Å². The predicted molar refractivity (Wildman–Crippen MR) is 144 cm³/mol. The first-order chi connectivity index (χ1) is 18.9. The summed E-state index contributed by atoms with van der Waals surface area (Å²) in [6, 6.07) is 3.45. The Hall–Kier alpha value is -3.63. The topological polar surface area (TPSA) is 114 Å². The van der Waals surface area contributed by atoms with Crippen LogP contribution in [0.5, 0.6) is 0 Å². The minimum absolute atomic E-state index is 0.0174. The third-order valence-corrected chi connectivity index (χ3v) is 8.42. The van der Waals surface area contributed by atoms with E-state index in [2.05, 4.69) is 16.0 Å². The number of nitrogens with zero attached hydrogens (tertiary/aromatic N) is 2. The van der Waals surface area contributed by atoms with Crippen LogP contribution in [0.25, 0.3) is 22.3 Å². The van der Waals surface area contributed by atoms with Gasteiger partial charge in [0.25, 0.3) is 5.56 Å². The Balaban J connectivity index is 1.44. The molecule has 0 saturated heterocycles. The lowest BCUT2D eigenvalue weighted by atomic mass is 9.81. The molecular weight excluding hydrogens is 501 g/mol. The van der Waals surface area contributed by atoms with Crippen LogP contribution < -0.4 is 21.5 Å². The SMILES string of the molecule is CCC1C(=O)OCc2c1cc1n(c2=O)Cc2c-1nc1cc(F)c(C)c3c1c2C(NCCNCCNC=O)CC3. The minimum Gasteiger partial charge on any atom is -0.460 e. The molecule has 2 atom stereocenters. The number of carbonyl (C=O) groups excluding carboxylic acids is 2. The van der Waals surface area contributed by atoms with Gasteiger partial charge in [0.15, 0.2) is 0 Å². The molecule has 0 spiro atoms. The number of aromatic nitrogens is 2. The van der Waals surface area contributed by atoms with E-state index in [9.17, 15) is 14.4 Å². The molecule has 3 aliphatic rings. The molecule has 1 amide bonds. The average Bonchev–Trinajstić information content (AvgIpc) is 3.30. The highest BCUT2D eigenvalue weighted by Gasteiger charge is 2.37. The summed E-state index contributed by atoms with van der Waals surface area (Å²) in [4.78, 5) is 41.5. The summed E-state index contributed by atoms with van der Waals surface area (Å²) < 4.78 is 22.1. The first-order valence-electron chi connectivity index (χ1n) is 13.6. The van der Waals surface area contributed by atoms with Crippen molar-refractivity contribution in [1.29, 1.82) is 0 Å². The lowest BCUT2D eigenvalue weighted by molar-refractivity contribution is -0.148. The van der Waals surface area contributed by atoms with Crippen molar-refractivity contribution < 1.29 is 18.7 Å². The summed E-state index contributed by atoms with van der Waals surface area (Å²) in [5, 5.41) is 10.6. The van der Waals surface area contributed by atoms with Crippen LogP contribution in [0.1, 0.15) is 65.1 Å². The van der Waals surface area contributed by atoms with Crippen molar-refractivity contribution >= 4 is 23.3 Å². The van der Waals surface area contributed by atoms with Crippen molar-refractivity contribution in [3.05, 3.63) is 61.7 Å². The van der Waals surface area contributed by atoms with E-state index in [4.69, 9.17) is 9.72 Å². The molecule has 3 aromatic rings. The van der Waals surface area contributed by atoms with Gasteiger partial charge in [0, 0.05) is 49.2 Å². The Labute approximate surface area is 225 Å². The Morgan fingerprint density at radius 1 is 1.15 bits per heavy atom. The third kappa shape index (κ3) is 4.13. The molecule has 3 N–H and O–H groups in total. The van der Waals surface area contributed by atoms with Crippen LogP contribution in [-0.4, -0.2) is 48.1 Å². The van der Waals surface area contributed by atoms with Gasteiger partial charge < -0.3 is 25.3 Å². The monoisotopic (exact) mass is 533 g/mol. The van der Waals surface area contributed by atoms with Crippen molar-refractivity contribution in [3.8, 4) is 11.4 Å². The van der Waals surface area contributed by atoms with Gasteiger partial charge in [0.1, 0.15) is 12.4 Å². The molecule has 204 valence electrons. The molecule has 2 unspecified atom stereocenters. The number of hydrogen-bond donors (Lipinski definition) is 3. The fourth-order valence-corrected chi connectivity index (χ4v) is 6.46. The quantitative estimate of drug-likeness (QED) is 0.172. The molecule has 0 bridgehead atoms. The number of benzene rings is 1. The van der Waals surface area contributed by atoms with E-state index in [1.165, 1.54) is 6.07 Å². The zero-order chi connectivity index (χ0) is 27.3. The third-order valence-electron chi connectivity index (χ3n) is 8.42. The van der Waals surface area contributed by atoms with Crippen molar-refractivity contribution in [1.82, 2.24) is 25.5 Å². The number of carbonyl (C=O) groups is 2. The van der Waals surface area contributed by atoms with Crippen LogP contribution in [-0.2, 0) is 33.9 Å². The highest BCUT2D eigenvalue weighted by atomic mass is 19.1. The molecule has 2 aromatic heterocycles. The van der Waals surface area contributed by atoms with Crippen LogP contribution in [0.4, 0.5) is 4.39 Å². The maximum atomic E-state index is 15.0. The Morgan fingerprint density at radius 2 is 1.97 bits per heavy atom. The number of aryl methyl sites for hydroxylation is 1. The molecule has 6 rings (SSSR count). The van der Waals surface area contributed by atoms with Crippen LogP contribution in [0.2, 0.25) is 0 Å². The molecule has 2 aliphatic heterocycles. The number of hydrogen-bond acceptors (Lipinski definition) is 7. The van der Waals surface area contributed by atoms with E-state index >= 15 is 4.39 Å². The molecule has 10 heteroatoms. The second-order valence-electron chi connectivity index (χ2n) is 10.5. The number of amides is 1. The number of rotatable bonds is 9. The van der Waals surface area contributed by atoms with Gasteiger partial charge in [-0.2, -0.15) is 0 Å². The van der Waals surface area contributed by atoms with Crippen molar-refractivity contribution in [2.24, 2.45) is 0 Å². The van der Waals surface area contributed by atoms with Crippen LogP contribution in [0.15, 0.2) is 16.9 Å². The van der Waals surface area contributed by atoms with Gasteiger partial charge in [-0.3, -0.25) is 14.4 Å². The molecular formula is C29H32FN5O4.